The Kier molecular flexibility index (Phi) is 4.49. The first kappa shape index (κ1) is 16.8. The highest BCUT2D eigenvalue weighted by Gasteiger charge is 2.27. The molecule has 24 heavy (non-hydrogen) atoms. The smallest absolute Gasteiger partial charge is 0.340 e. The number of aryl methyl sites for hydroxylation is 2. The van der Waals surface area contributed by atoms with Crippen LogP contribution in [0.3, 0.4) is 0 Å². The lowest BCUT2D eigenvalue weighted by Crippen LogP contribution is -2.43. The van der Waals surface area contributed by atoms with Crippen molar-refractivity contribution in [2.75, 3.05) is 24.6 Å². The SMILES string of the molecule is CCOC(=O)c1cc(F)c(N2CCCC(N)C2)c2c(C)c(C)[nH]c12. The number of carbonyl (C=O) groups excluding carboxylic acids is 1. The highest BCUT2D eigenvalue weighted by Crippen LogP contribution is 2.37. The van der Waals surface area contributed by atoms with Crippen molar-refractivity contribution in [2.24, 2.45) is 5.73 Å². The third kappa shape index (κ3) is 2.75. The summed E-state index contributed by atoms with van der Waals surface area (Å²) in [7, 11) is 0. The number of esters is 1. The van der Waals surface area contributed by atoms with Crippen molar-refractivity contribution in [3.8, 4) is 0 Å². The number of hydrogen-bond acceptors (Lipinski definition) is 4. The second-order valence-electron chi connectivity index (χ2n) is 6.45. The topological polar surface area (TPSA) is 71.3 Å². The number of piperidine rings is 1. The van der Waals surface area contributed by atoms with Crippen molar-refractivity contribution in [3.63, 3.8) is 0 Å². The van der Waals surface area contributed by atoms with Gasteiger partial charge in [0, 0.05) is 30.2 Å². The van der Waals surface area contributed by atoms with Gasteiger partial charge in [-0.1, -0.05) is 0 Å². The summed E-state index contributed by atoms with van der Waals surface area (Å²) in [5.74, 6) is -0.911. The molecule has 1 fully saturated rings. The third-order valence-corrected chi connectivity index (χ3v) is 4.77. The van der Waals surface area contributed by atoms with E-state index in [0.717, 1.165) is 36.0 Å². The van der Waals surface area contributed by atoms with Crippen molar-refractivity contribution in [1.82, 2.24) is 4.98 Å². The Hall–Kier alpha value is -2.08. The van der Waals surface area contributed by atoms with Gasteiger partial charge in [-0.3, -0.25) is 0 Å². The van der Waals surface area contributed by atoms with Crippen LogP contribution in [0, 0.1) is 19.7 Å². The predicted molar refractivity (Wildman–Crippen MR) is 93.1 cm³/mol. The summed E-state index contributed by atoms with van der Waals surface area (Å²) in [5, 5.41) is 0.754. The predicted octanol–water partition coefficient (Wildman–Crippen LogP) is 3.03. The Balaban J connectivity index is 2.21. The van der Waals surface area contributed by atoms with E-state index in [0.29, 0.717) is 17.7 Å². The van der Waals surface area contributed by atoms with Crippen LogP contribution in [0.5, 0.6) is 0 Å². The molecule has 130 valence electrons. The average Bonchev–Trinajstić information content (AvgIpc) is 2.82. The van der Waals surface area contributed by atoms with Crippen LogP contribution in [-0.4, -0.2) is 36.7 Å². The fraction of sp³-hybridized carbons (Fsp3) is 0.500. The van der Waals surface area contributed by atoms with Crippen LogP contribution < -0.4 is 10.6 Å². The molecule has 1 atom stereocenters. The second kappa shape index (κ2) is 6.43. The third-order valence-electron chi connectivity index (χ3n) is 4.77. The summed E-state index contributed by atoms with van der Waals surface area (Å²) in [6.07, 6.45) is 1.89. The van der Waals surface area contributed by atoms with Crippen LogP contribution in [0.15, 0.2) is 6.07 Å². The van der Waals surface area contributed by atoms with Crippen LogP contribution in [0.4, 0.5) is 10.1 Å². The minimum absolute atomic E-state index is 0.0401. The molecule has 0 spiro atoms. The van der Waals surface area contributed by atoms with Crippen LogP contribution in [0.25, 0.3) is 10.9 Å². The maximum atomic E-state index is 15.0. The van der Waals surface area contributed by atoms with Crippen molar-refractivity contribution >= 4 is 22.6 Å². The molecule has 1 aliphatic heterocycles. The number of nitrogens with two attached hydrogens (primary N) is 1. The van der Waals surface area contributed by atoms with Crippen LogP contribution in [0.2, 0.25) is 0 Å². The molecule has 2 aromatic rings. The fourth-order valence-corrected chi connectivity index (χ4v) is 3.50. The van der Waals surface area contributed by atoms with Gasteiger partial charge in [-0.05, 0) is 45.2 Å². The molecule has 3 N–H and O–H groups in total. The number of nitrogens with zero attached hydrogens (tertiary/aromatic N) is 1. The molecule has 1 aromatic carbocycles. The van der Waals surface area contributed by atoms with Gasteiger partial charge in [-0.25, -0.2) is 9.18 Å². The molecule has 0 bridgehead atoms. The molecule has 2 heterocycles. The Bertz CT molecular complexity index is 784. The highest BCUT2D eigenvalue weighted by atomic mass is 19.1. The zero-order chi connectivity index (χ0) is 17.4. The standard InChI is InChI=1S/C18H24FN3O2/c1-4-24-18(23)13-8-14(19)17(22-7-5-6-12(20)9-22)15-10(2)11(3)21-16(13)15/h8,12,21H,4-7,9,20H2,1-3H3. The monoisotopic (exact) mass is 333 g/mol. The number of halogens is 1. The Morgan fingerprint density at radius 3 is 2.92 bits per heavy atom. The number of aromatic amines is 1. The normalized spacial score (nSPS) is 18.2. The van der Waals surface area contributed by atoms with Gasteiger partial charge in [-0.2, -0.15) is 0 Å². The number of ether oxygens (including phenoxy) is 1. The Morgan fingerprint density at radius 2 is 2.25 bits per heavy atom. The lowest BCUT2D eigenvalue weighted by atomic mass is 10.0. The van der Waals surface area contributed by atoms with E-state index in [4.69, 9.17) is 10.5 Å². The zero-order valence-corrected chi connectivity index (χ0v) is 14.4. The number of hydrogen-bond donors (Lipinski definition) is 2. The lowest BCUT2D eigenvalue weighted by Gasteiger charge is -2.33. The molecule has 6 heteroatoms. The second-order valence-corrected chi connectivity index (χ2v) is 6.45. The average molecular weight is 333 g/mol. The van der Waals surface area contributed by atoms with Crippen LogP contribution in [-0.2, 0) is 4.74 Å². The molecule has 1 saturated heterocycles. The molecule has 3 rings (SSSR count). The fourth-order valence-electron chi connectivity index (χ4n) is 3.50. The number of H-pyrrole nitrogens is 1. The maximum absolute atomic E-state index is 15.0. The molecular formula is C18H24FN3O2. The molecule has 1 aromatic heterocycles. The summed E-state index contributed by atoms with van der Waals surface area (Å²) in [4.78, 5) is 17.5. The maximum Gasteiger partial charge on any atom is 0.340 e. The largest absolute Gasteiger partial charge is 0.462 e. The number of rotatable bonds is 3. The zero-order valence-electron chi connectivity index (χ0n) is 14.4. The first-order chi connectivity index (χ1) is 11.4. The molecule has 0 aliphatic carbocycles. The molecule has 5 nitrogen and oxygen atoms in total. The molecule has 0 amide bonds. The molecule has 1 unspecified atom stereocenters. The number of benzene rings is 1. The number of carbonyl (C=O) groups is 1. The Morgan fingerprint density at radius 1 is 1.50 bits per heavy atom. The summed E-state index contributed by atoms with van der Waals surface area (Å²) < 4.78 is 20.1. The van der Waals surface area contributed by atoms with E-state index in [1.165, 1.54) is 6.07 Å². The number of anilines is 1. The first-order valence-corrected chi connectivity index (χ1v) is 8.43. The van der Waals surface area contributed by atoms with Gasteiger partial charge in [0.25, 0.3) is 0 Å². The van der Waals surface area contributed by atoms with E-state index >= 15 is 0 Å². The van der Waals surface area contributed by atoms with E-state index in [1.807, 2.05) is 18.7 Å². The summed E-state index contributed by atoms with van der Waals surface area (Å²) >= 11 is 0. The van der Waals surface area contributed by atoms with Crippen LogP contribution >= 0.6 is 0 Å². The molecule has 0 saturated carbocycles. The van der Waals surface area contributed by atoms with Gasteiger partial charge in [0.2, 0.25) is 0 Å². The Labute approximate surface area is 141 Å². The van der Waals surface area contributed by atoms with E-state index in [-0.39, 0.29) is 18.2 Å². The van der Waals surface area contributed by atoms with Gasteiger partial charge in [0.05, 0.1) is 23.4 Å². The van der Waals surface area contributed by atoms with Crippen molar-refractivity contribution < 1.29 is 13.9 Å². The molecule has 0 radical (unpaired) electrons. The quantitative estimate of drug-likeness (QED) is 0.847. The van der Waals surface area contributed by atoms with Crippen molar-refractivity contribution in [1.29, 1.82) is 0 Å². The van der Waals surface area contributed by atoms with Crippen molar-refractivity contribution in [2.45, 2.75) is 39.7 Å². The summed E-state index contributed by atoms with van der Waals surface area (Å²) in [6.45, 7) is 7.24. The van der Waals surface area contributed by atoms with E-state index in [9.17, 15) is 9.18 Å². The van der Waals surface area contributed by atoms with Gasteiger partial charge in [-0.15, -0.1) is 0 Å². The minimum Gasteiger partial charge on any atom is -0.462 e. The van der Waals surface area contributed by atoms with E-state index in [1.54, 1.807) is 6.92 Å². The van der Waals surface area contributed by atoms with Crippen molar-refractivity contribution in [3.05, 3.63) is 28.7 Å². The number of fused-ring (bicyclic) bond motifs is 1. The molecule has 1 aliphatic rings. The van der Waals surface area contributed by atoms with Gasteiger partial charge < -0.3 is 20.4 Å². The first-order valence-electron chi connectivity index (χ1n) is 8.43. The number of aromatic nitrogens is 1. The van der Waals surface area contributed by atoms with E-state index < -0.39 is 11.8 Å². The van der Waals surface area contributed by atoms with Gasteiger partial charge >= 0.3 is 5.97 Å². The number of nitrogens with one attached hydrogen (secondary N) is 1. The minimum atomic E-state index is -0.510. The highest BCUT2D eigenvalue weighted by molar-refractivity contribution is 6.09. The lowest BCUT2D eigenvalue weighted by molar-refractivity contribution is 0.0528. The summed E-state index contributed by atoms with van der Waals surface area (Å²) in [6, 6.07) is 1.32. The van der Waals surface area contributed by atoms with Gasteiger partial charge in [0.1, 0.15) is 5.82 Å². The van der Waals surface area contributed by atoms with Gasteiger partial charge in [0.15, 0.2) is 0 Å². The molecular weight excluding hydrogens is 309 g/mol. The summed E-state index contributed by atoms with van der Waals surface area (Å²) in [5.41, 5.74) is 9.36. The van der Waals surface area contributed by atoms with Crippen LogP contribution in [0.1, 0.15) is 41.4 Å². The van der Waals surface area contributed by atoms with E-state index in [2.05, 4.69) is 4.98 Å².